The number of fused-ring (bicyclic) bond motifs is 7. The number of aryl methyl sites for hydroxylation is 1. The minimum atomic E-state index is -1.51. The smallest absolute Gasteiger partial charge is 0.492 e. The summed E-state index contributed by atoms with van der Waals surface area (Å²) < 4.78 is 34.8. The van der Waals surface area contributed by atoms with Gasteiger partial charge in [-0.3, -0.25) is 9.59 Å². The molecular formula is C129H120BBr2N3O15. The zero-order valence-corrected chi connectivity index (χ0v) is 88.1. The van der Waals surface area contributed by atoms with Crippen LogP contribution in [-0.4, -0.2) is 83.1 Å². The maximum atomic E-state index is 11.9. The third-order valence-corrected chi connectivity index (χ3v) is 26.0. The number of nitrogens with two attached hydrogens (primary N) is 3. The van der Waals surface area contributed by atoms with Gasteiger partial charge >= 0.3 is 19.1 Å². The number of carbonyl (C=O) groups excluding carboxylic acids is 2. The number of esters is 2. The summed E-state index contributed by atoms with van der Waals surface area (Å²) in [6.45, 7) is 11.2. The number of ether oxygens (including phenoxy) is 6. The lowest BCUT2D eigenvalue weighted by Crippen LogP contribution is -2.31. The molecule has 21 heteroatoms. The lowest BCUT2D eigenvalue weighted by Gasteiger charge is -2.20. The first kappa shape index (κ1) is 111. The van der Waals surface area contributed by atoms with Gasteiger partial charge in [-0.1, -0.05) is 409 Å². The number of hydrogen-bond acceptors (Lipinski definition) is 18. The van der Waals surface area contributed by atoms with Crippen LogP contribution in [0, 0.1) is 18.8 Å². The molecule has 150 heavy (non-hydrogen) atoms. The first-order valence-electron chi connectivity index (χ1n) is 48.8. The molecule has 0 aliphatic carbocycles. The van der Waals surface area contributed by atoms with E-state index >= 15 is 0 Å². The van der Waals surface area contributed by atoms with E-state index in [1.165, 1.54) is 23.6 Å². The molecule has 0 aliphatic rings. The molecule has 0 fully saturated rings. The first-order chi connectivity index (χ1) is 72.6. The largest absolute Gasteiger partial charge is 0.507 e. The van der Waals surface area contributed by atoms with Crippen molar-refractivity contribution in [3.63, 3.8) is 0 Å². The van der Waals surface area contributed by atoms with Gasteiger partial charge in [0, 0.05) is 106 Å². The SMILES string of the molecule is CC(C)C(=O)Oc1ccccc1-c1ccccc1OC(=O)C(C)C.COc1c(-c2ccc3ccccc3c2OC)ccc2ccccc12.COc1c(B(O)O)ccc2ccccc12.COc1c(Br)ccc2ccccc12.Cc1ccc([C@@H](C)N)cc1.N[C@H](c1ccccc1)[C@H](N)c1ccccc1.Oc1c(-c2ccc3ccccc3c2O)ccc2ccccc12.Oc1c(Br)ccc2ccccc12.Oc1ccccc1-c1ccccc1O. The number of aromatic hydroxyl groups is 5. The summed E-state index contributed by atoms with van der Waals surface area (Å²) in [7, 11) is 5.14. The molecule has 0 spiro atoms. The molecule has 13 N–H and O–H groups in total. The zero-order valence-electron chi connectivity index (χ0n) is 84.9. The molecule has 3 atom stereocenters. The Balaban J connectivity index is 0.000000143. The van der Waals surface area contributed by atoms with Gasteiger partial charge < -0.3 is 81.2 Å². The van der Waals surface area contributed by atoms with Crippen molar-refractivity contribution in [1.82, 2.24) is 0 Å². The average molecular weight is 2120 g/mol. The molecule has 21 aromatic rings. The fourth-order valence-electron chi connectivity index (χ4n) is 16.7. The molecule has 21 rings (SSSR count). The van der Waals surface area contributed by atoms with E-state index in [2.05, 4.69) is 130 Å². The second-order valence-corrected chi connectivity index (χ2v) is 37.3. The summed E-state index contributed by atoms with van der Waals surface area (Å²) in [5.41, 5.74) is 29.0. The standard InChI is InChI=1S/C22H18O2.C20H22O4.C20H14O2.C14H16N2.C12H10O2.C11H11BO3.C11H9BrO.C10H7BrO.C9H13N/c1-23-21-17-9-5-3-7-15(17)11-13-19(21)20-14-12-16-8-4-6-10-18(16)22(20)24-2;1-13(2)19(21)23-17-11-7-5-9-15(17)16-10-6-8-12-18(16)24-20(22)14(3)4;21-19-15-7-3-1-5-13(15)9-11-17(19)18-12-10-14-6-2-4-8-16(14)20(18)22;15-13(11-7-3-1-4-8-11)14(16)12-9-5-2-6-10-12;13-11-7-3-1-5-9(11)10-6-2-4-8-12(10)14;1-15-11-9-5-3-2-4-8(9)6-7-10(11)12(13)14;1-13-11-9-5-3-2-4-8(9)6-7-10(11)12;11-9-6-5-7-3-1-2-4-8(7)10(9)12;1-7-3-5-9(6-4-7)8(2)10/h3-14H,1-2H3;5-14H,1-4H3;1-12,21-22H;1-10,13-14H,15-16H2;1-8,13-14H;2-7,13-14H,1H3;2-7H,1H3;1-6,12H;3-6,8H,10H2,1-2H3/t;;;13-,14-;;;;;8-/m...1....1/s1. The number of phenols is 5. The third-order valence-electron chi connectivity index (χ3n) is 24.7. The van der Waals surface area contributed by atoms with Crippen LogP contribution in [0.3, 0.4) is 0 Å². The van der Waals surface area contributed by atoms with E-state index < -0.39 is 7.12 Å². The molecule has 18 nitrogen and oxygen atoms in total. The number of carbonyl (C=O) groups is 2. The number of methoxy groups -OCH3 is 4. The van der Waals surface area contributed by atoms with Gasteiger partial charge in [0.2, 0.25) is 0 Å². The van der Waals surface area contributed by atoms with Crippen molar-refractivity contribution >= 4 is 132 Å². The fraction of sp³-hybridized carbons (Fsp3) is 0.116. The van der Waals surface area contributed by atoms with Crippen molar-refractivity contribution in [1.29, 1.82) is 0 Å². The summed E-state index contributed by atoms with van der Waals surface area (Å²) in [6, 6.07) is 139. The van der Waals surface area contributed by atoms with Crippen LogP contribution in [0.5, 0.6) is 63.2 Å². The predicted molar refractivity (Wildman–Crippen MR) is 621 cm³/mol. The summed E-state index contributed by atoms with van der Waals surface area (Å²) in [4.78, 5) is 23.9. The molecule has 0 amide bonds. The van der Waals surface area contributed by atoms with Gasteiger partial charge in [-0.2, -0.15) is 0 Å². The van der Waals surface area contributed by atoms with E-state index in [1.54, 1.807) is 116 Å². The van der Waals surface area contributed by atoms with Crippen molar-refractivity contribution in [2.24, 2.45) is 29.0 Å². The van der Waals surface area contributed by atoms with Gasteiger partial charge in [0.05, 0.1) is 49.2 Å². The quantitative estimate of drug-likeness (QED) is 0.0230. The molecule has 0 saturated carbocycles. The Labute approximate surface area is 891 Å². The van der Waals surface area contributed by atoms with E-state index in [0.717, 1.165) is 118 Å². The van der Waals surface area contributed by atoms with Crippen molar-refractivity contribution in [3.8, 4) is 108 Å². The van der Waals surface area contributed by atoms with Gasteiger partial charge in [-0.25, -0.2) is 0 Å². The Bertz CT molecular complexity index is 7800. The Morgan fingerprint density at radius 1 is 0.260 bits per heavy atom. The molecule has 0 saturated heterocycles. The minimum Gasteiger partial charge on any atom is -0.507 e. The topological polar surface area (TPSA) is 309 Å². The highest BCUT2D eigenvalue weighted by molar-refractivity contribution is 9.11. The average Bonchev–Trinajstić information content (AvgIpc) is 0.772. The van der Waals surface area contributed by atoms with Crippen LogP contribution >= 0.6 is 31.9 Å². The molecule has 0 aromatic heterocycles. The molecule has 0 unspecified atom stereocenters. The normalized spacial score (nSPS) is 11.2. The molecular weight excluding hydrogens is 2000 g/mol. The van der Waals surface area contributed by atoms with Gasteiger partial charge in [0.1, 0.15) is 63.2 Å². The zero-order chi connectivity index (χ0) is 107. The number of para-hydroxylation sites is 4. The Kier molecular flexibility index (Phi) is 40.0. The molecule has 0 radical (unpaired) electrons. The van der Waals surface area contributed by atoms with Crippen LogP contribution in [0.1, 0.15) is 75.0 Å². The molecule has 21 aromatic carbocycles. The van der Waals surface area contributed by atoms with Gasteiger partial charge in [0.25, 0.3) is 0 Å². The second-order valence-electron chi connectivity index (χ2n) is 35.6. The molecule has 0 heterocycles. The van der Waals surface area contributed by atoms with Crippen LogP contribution in [-0.2, 0) is 9.59 Å². The van der Waals surface area contributed by atoms with Gasteiger partial charge in [0.15, 0.2) is 0 Å². The van der Waals surface area contributed by atoms with Crippen LogP contribution in [0.15, 0.2) is 446 Å². The monoisotopic (exact) mass is 2120 g/mol. The van der Waals surface area contributed by atoms with Crippen molar-refractivity contribution in [3.05, 3.63) is 468 Å². The van der Waals surface area contributed by atoms with Crippen molar-refractivity contribution in [2.75, 3.05) is 28.4 Å². The minimum absolute atomic E-state index is 0.153. The lowest BCUT2D eigenvalue weighted by atomic mass is 9.78. The Morgan fingerprint density at radius 3 is 0.873 bits per heavy atom. The second kappa shape index (κ2) is 54.2. The fourth-order valence-corrected chi connectivity index (χ4v) is 17.5. The maximum Gasteiger partial charge on any atom is 0.492 e. The summed E-state index contributed by atoms with van der Waals surface area (Å²) in [6.07, 6.45) is 0. The first-order valence-corrected chi connectivity index (χ1v) is 50.3. The number of halogens is 2. The number of rotatable bonds is 17. The van der Waals surface area contributed by atoms with Crippen LogP contribution in [0.4, 0.5) is 0 Å². The lowest BCUT2D eigenvalue weighted by molar-refractivity contribution is -0.138. The van der Waals surface area contributed by atoms with Crippen molar-refractivity contribution < 1.29 is 73.6 Å². The van der Waals surface area contributed by atoms with Crippen molar-refractivity contribution in [2.45, 2.75) is 59.7 Å². The summed E-state index contributed by atoms with van der Waals surface area (Å²) in [5.74, 6) is 4.05. The van der Waals surface area contributed by atoms with E-state index in [1.807, 2.05) is 286 Å². The highest BCUT2D eigenvalue weighted by Gasteiger charge is 2.24. The highest BCUT2D eigenvalue weighted by atomic mass is 79.9. The summed E-state index contributed by atoms with van der Waals surface area (Å²) in [5, 5.41) is 82.5. The number of benzene rings is 21. The maximum absolute atomic E-state index is 11.9. The third kappa shape index (κ3) is 28.2. The van der Waals surface area contributed by atoms with E-state index in [-0.39, 0.29) is 64.9 Å². The van der Waals surface area contributed by atoms with Crippen LogP contribution < -0.4 is 51.1 Å². The predicted octanol–water partition coefficient (Wildman–Crippen LogP) is 29.8. The highest BCUT2D eigenvalue weighted by Crippen LogP contribution is 2.47. The number of hydrogen-bond donors (Lipinski definition) is 10. The molecule has 758 valence electrons. The van der Waals surface area contributed by atoms with Crippen LogP contribution in [0.25, 0.3) is 120 Å². The molecule has 0 bridgehead atoms. The molecule has 0 aliphatic heterocycles. The van der Waals surface area contributed by atoms with Gasteiger partial charge in [-0.05, 0) is 161 Å². The summed E-state index contributed by atoms with van der Waals surface area (Å²) >= 11 is 6.72. The van der Waals surface area contributed by atoms with E-state index in [9.17, 15) is 45.2 Å². The van der Waals surface area contributed by atoms with E-state index in [4.69, 9.17) is 45.6 Å². The Morgan fingerprint density at radius 2 is 0.533 bits per heavy atom. The number of phenolic OH excluding ortho intramolecular Hbond substituents is 5. The van der Waals surface area contributed by atoms with Crippen LogP contribution in [0.2, 0.25) is 0 Å². The van der Waals surface area contributed by atoms with E-state index in [0.29, 0.717) is 61.8 Å². The van der Waals surface area contributed by atoms with Gasteiger partial charge in [-0.15, -0.1) is 0 Å². The Hall–Kier alpha value is -16.6.